The number of carbonyl (C=O) groups excluding carboxylic acids is 1. The van der Waals surface area contributed by atoms with Crippen LogP contribution in [0.4, 0.5) is 0 Å². The highest BCUT2D eigenvalue weighted by Gasteiger charge is 2.18. The second-order valence-electron chi connectivity index (χ2n) is 4.74. The standard InChI is InChI=1S/C12H20N4O2/c1-9-11(12(17)14-13)7-10(18-9)8-16-5-3-15(2)4-6-16/h7H,3-6,8,13H2,1-2H3,(H,14,17). The maximum atomic E-state index is 11.5. The molecule has 18 heavy (non-hydrogen) atoms. The first-order valence-corrected chi connectivity index (χ1v) is 6.11. The van der Waals surface area contributed by atoms with E-state index in [0.29, 0.717) is 11.3 Å². The lowest BCUT2D eigenvalue weighted by Gasteiger charge is -2.31. The Morgan fingerprint density at radius 1 is 1.44 bits per heavy atom. The Hall–Kier alpha value is -1.37. The molecule has 0 aliphatic carbocycles. The Bertz CT molecular complexity index is 422. The molecular formula is C12H20N4O2. The number of hydrogen-bond donors (Lipinski definition) is 2. The fourth-order valence-corrected chi connectivity index (χ4v) is 2.15. The van der Waals surface area contributed by atoms with Crippen LogP contribution in [0.2, 0.25) is 0 Å². The van der Waals surface area contributed by atoms with E-state index in [1.165, 1.54) is 0 Å². The maximum absolute atomic E-state index is 11.5. The van der Waals surface area contributed by atoms with Crippen LogP contribution in [0, 0.1) is 6.92 Å². The zero-order valence-electron chi connectivity index (χ0n) is 10.9. The summed E-state index contributed by atoms with van der Waals surface area (Å²) in [6, 6.07) is 1.77. The van der Waals surface area contributed by atoms with Crippen LogP contribution in [0.5, 0.6) is 0 Å². The van der Waals surface area contributed by atoms with Crippen molar-refractivity contribution in [3.8, 4) is 0 Å². The van der Waals surface area contributed by atoms with Gasteiger partial charge in [0.15, 0.2) is 0 Å². The Morgan fingerprint density at radius 2 is 2.11 bits per heavy atom. The highest BCUT2D eigenvalue weighted by molar-refractivity contribution is 5.94. The zero-order chi connectivity index (χ0) is 13.1. The van der Waals surface area contributed by atoms with Crippen LogP contribution in [0.1, 0.15) is 21.9 Å². The fourth-order valence-electron chi connectivity index (χ4n) is 2.15. The third kappa shape index (κ3) is 2.90. The van der Waals surface area contributed by atoms with E-state index in [0.717, 1.165) is 38.5 Å². The van der Waals surface area contributed by atoms with Crippen LogP contribution in [-0.2, 0) is 6.54 Å². The number of nitrogens with one attached hydrogen (secondary N) is 1. The van der Waals surface area contributed by atoms with Crippen molar-refractivity contribution in [3.63, 3.8) is 0 Å². The SMILES string of the molecule is Cc1oc(CN2CCN(C)CC2)cc1C(=O)NN. The number of furan rings is 1. The van der Waals surface area contributed by atoms with Gasteiger partial charge in [0.25, 0.3) is 5.91 Å². The van der Waals surface area contributed by atoms with Gasteiger partial charge in [-0.15, -0.1) is 0 Å². The number of aryl methyl sites for hydroxylation is 1. The minimum atomic E-state index is -0.305. The predicted octanol–water partition coefficient (Wildman–Crippen LogP) is -0.0611. The minimum absolute atomic E-state index is 0.305. The summed E-state index contributed by atoms with van der Waals surface area (Å²) in [7, 11) is 2.12. The van der Waals surface area contributed by atoms with Gasteiger partial charge in [-0.3, -0.25) is 15.1 Å². The van der Waals surface area contributed by atoms with Crippen molar-refractivity contribution in [2.45, 2.75) is 13.5 Å². The van der Waals surface area contributed by atoms with Crippen molar-refractivity contribution in [3.05, 3.63) is 23.2 Å². The Labute approximate surface area is 107 Å². The summed E-state index contributed by atoms with van der Waals surface area (Å²) < 4.78 is 5.60. The normalized spacial score (nSPS) is 17.9. The third-order valence-corrected chi connectivity index (χ3v) is 3.32. The summed E-state index contributed by atoms with van der Waals surface area (Å²) in [5, 5.41) is 0. The Kier molecular flexibility index (Phi) is 4.00. The third-order valence-electron chi connectivity index (χ3n) is 3.32. The minimum Gasteiger partial charge on any atom is -0.464 e. The van der Waals surface area contributed by atoms with E-state index >= 15 is 0 Å². The van der Waals surface area contributed by atoms with Gasteiger partial charge in [0.2, 0.25) is 0 Å². The van der Waals surface area contributed by atoms with E-state index in [9.17, 15) is 4.79 Å². The molecule has 1 saturated heterocycles. The topological polar surface area (TPSA) is 74.7 Å². The maximum Gasteiger partial charge on any atom is 0.268 e. The molecule has 3 N–H and O–H groups in total. The summed E-state index contributed by atoms with van der Waals surface area (Å²) in [6.45, 7) is 6.69. The monoisotopic (exact) mass is 252 g/mol. The Balaban J connectivity index is 2.00. The van der Waals surface area contributed by atoms with Crippen LogP contribution in [0.25, 0.3) is 0 Å². The van der Waals surface area contributed by atoms with E-state index in [-0.39, 0.29) is 5.91 Å². The molecule has 0 spiro atoms. The molecule has 0 bridgehead atoms. The summed E-state index contributed by atoms with van der Waals surface area (Å²) in [4.78, 5) is 16.1. The van der Waals surface area contributed by atoms with E-state index in [4.69, 9.17) is 10.3 Å². The van der Waals surface area contributed by atoms with Gasteiger partial charge in [0, 0.05) is 26.2 Å². The lowest BCUT2D eigenvalue weighted by Crippen LogP contribution is -2.43. The number of hydrogen-bond acceptors (Lipinski definition) is 5. The predicted molar refractivity (Wildman–Crippen MR) is 67.9 cm³/mol. The number of nitrogen functional groups attached to an aromatic ring is 1. The van der Waals surface area contributed by atoms with Gasteiger partial charge in [-0.05, 0) is 20.0 Å². The molecule has 6 heteroatoms. The highest BCUT2D eigenvalue weighted by Crippen LogP contribution is 2.16. The first-order chi connectivity index (χ1) is 8.60. The van der Waals surface area contributed by atoms with Gasteiger partial charge in [-0.25, -0.2) is 5.84 Å². The van der Waals surface area contributed by atoms with Crippen molar-refractivity contribution >= 4 is 5.91 Å². The van der Waals surface area contributed by atoms with E-state index in [1.807, 2.05) is 0 Å². The van der Waals surface area contributed by atoms with Crippen LogP contribution in [-0.4, -0.2) is 48.9 Å². The van der Waals surface area contributed by atoms with Crippen molar-refractivity contribution in [1.29, 1.82) is 0 Å². The number of likely N-dealkylation sites (N-methyl/N-ethyl adjacent to an activating group) is 1. The Morgan fingerprint density at radius 3 is 2.72 bits per heavy atom. The number of piperazine rings is 1. The molecule has 0 unspecified atom stereocenters. The highest BCUT2D eigenvalue weighted by atomic mass is 16.3. The largest absolute Gasteiger partial charge is 0.464 e. The molecular weight excluding hydrogens is 232 g/mol. The molecule has 2 heterocycles. The van der Waals surface area contributed by atoms with Gasteiger partial charge in [0.1, 0.15) is 11.5 Å². The summed E-state index contributed by atoms with van der Waals surface area (Å²) in [6.07, 6.45) is 0. The van der Waals surface area contributed by atoms with Gasteiger partial charge in [0.05, 0.1) is 12.1 Å². The van der Waals surface area contributed by atoms with Gasteiger partial charge < -0.3 is 9.32 Å². The molecule has 1 aromatic heterocycles. The van der Waals surface area contributed by atoms with Gasteiger partial charge in [-0.1, -0.05) is 0 Å². The van der Waals surface area contributed by atoms with Crippen LogP contribution in [0.3, 0.4) is 0 Å². The van der Waals surface area contributed by atoms with Gasteiger partial charge in [-0.2, -0.15) is 0 Å². The molecule has 0 saturated carbocycles. The lowest BCUT2D eigenvalue weighted by molar-refractivity contribution is 0.0952. The zero-order valence-corrected chi connectivity index (χ0v) is 10.9. The summed E-state index contributed by atoms with van der Waals surface area (Å²) in [5.74, 6) is 6.25. The van der Waals surface area contributed by atoms with E-state index in [1.54, 1.807) is 13.0 Å². The molecule has 1 aliphatic rings. The van der Waals surface area contributed by atoms with E-state index < -0.39 is 0 Å². The average molecular weight is 252 g/mol. The van der Waals surface area contributed by atoms with Crippen molar-refractivity contribution < 1.29 is 9.21 Å². The molecule has 1 amide bonds. The number of carbonyl (C=O) groups is 1. The molecule has 0 atom stereocenters. The van der Waals surface area contributed by atoms with Crippen LogP contribution >= 0.6 is 0 Å². The van der Waals surface area contributed by atoms with Crippen molar-refractivity contribution in [2.75, 3.05) is 33.2 Å². The average Bonchev–Trinajstić information content (AvgIpc) is 2.72. The second-order valence-corrected chi connectivity index (χ2v) is 4.74. The number of amides is 1. The van der Waals surface area contributed by atoms with Crippen molar-refractivity contribution in [1.82, 2.24) is 15.2 Å². The van der Waals surface area contributed by atoms with Crippen molar-refractivity contribution in [2.24, 2.45) is 5.84 Å². The van der Waals surface area contributed by atoms with E-state index in [2.05, 4.69) is 22.3 Å². The molecule has 100 valence electrons. The summed E-state index contributed by atoms with van der Waals surface area (Å²) >= 11 is 0. The second kappa shape index (κ2) is 5.51. The van der Waals surface area contributed by atoms with Crippen LogP contribution in [0.15, 0.2) is 10.5 Å². The first kappa shape index (κ1) is 13.1. The first-order valence-electron chi connectivity index (χ1n) is 6.11. The molecule has 1 aliphatic heterocycles. The quantitative estimate of drug-likeness (QED) is 0.448. The molecule has 1 fully saturated rings. The van der Waals surface area contributed by atoms with Crippen LogP contribution < -0.4 is 11.3 Å². The smallest absolute Gasteiger partial charge is 0.268 e. The summed E-state index contributed by atoms with van der Waals surface area (Å²) in [5.41, 5.74) is 2.64. The molecule has 1 aromatic rings. The lowest BCUT2D eigenvalue weighted by atomic mass is 10.2. The fraction of sp³-hybridized carbons (Fsp3) is 0.583. The number of rotatable bonds is 3. The molecule has 0 aromatic carbocycles. The molecule has 2 rings (SSSR count). The number of hydrazine groups is 1. The number of nitrogens with two attached hydrogens (primary N) is 1. The molecule has 6 nitrogen and oxygen atoms in total. The number of nitrogens with zero attached hydrogens (tertiary/aromatic N) is 2. The molecule has 0 radical (unpaired) electrons. The van der Waals surface area contributed by atoms with Gasteiger partial charge >= 0.3 is 0 Å².